The highest BCUT2D eigenvalue weighted by Crippen LogP contribution is 2.16. The summed E-state index contributed by atoms with van der Waals surface area (Å²) in [7, 11) is 0. The highest BCUT2D eigenvalue weighted by Gasteiger charge is 2.11. The molecule has 3 aromatic heterocycles. The lowest BCUT2D eigenvalue weighted by Crippen LogP contribution is -2.12. The summed E-state index contributed by atoms with van der Waals surface area (Å²) in [5.74, 6) is -0.260. The van der Waals surface area contributed by atoms with Crippen LogP contribution in [0, 0.1) is 0 Å². The number of carbonyl (C=O) groups excluding carboxylic acids is 1. The summed E-state index contributed by atoms with van der Waals surface area (Å²) in [6, 6.07) is 14.5. The van der Waals surface area contributed by atoms with E-state index < -0.39 is 0 Å². The first-order valence-corrected chi connectivity index (χ1v) is 8.07. The van der Waals surface area contributed by atoms with Gasteiger partial charge in [-0.15, -0.1) is 0 Å². The Morgan fingerprint density at radius 3 is 2.81 bits per heavy atom. The number of nitrogens with one attached hydrogen (secondary N) is 1. The normalized spacial score (nSPS) is 10.8. The zero-order chi connectivity index (χ0) is 17.9. The number of carbonyl (C=O) groups is 1. The summed E-state index contributed by atoms with van der Waals surface area (Å²) in [6.07, 6.45) is 4.99. The van der Waals surface area contributed by atoms with Crippen molar-refractivity contribution in [3.05, 3.63) is 78.5 Å². The average Bonchev–Trinajstić information content (AvgIpc) is 3.05. The largest absolute Gasteiger partial charge is 0.399 e. The van der Waals surface area contributed by atoms with E-state index in [2.05, 4.69) is 20.3 Å². The number of hydrogen-bond acceptors (Lipinski definition) is 5. The Labute approximate surface area is 149 Å². The Morgan fingerprint density at radius 1 is 1.08 bits per heavy atom. The van der Waals surface area contributed by atoms with Crippen LogP contribution in [0.2, 0.25) is 0 Å². The fourth-order valence-electron chi connectivity index (χ4n) is 2.67. The van der Waals surface area contributed by atoms with E-state index in [0.29, 0.717) is 34.6 Å². The molecule has 3 heterocycles. The molecule has 0 radical (unpaired) electrons. The van der Waals surface area contributed by atoms with Gasteiger partial charge in [-0.2, -0.15) is 0 Å². The van der Waals surface area contributed by atoms with Crippen molar-refractivity contribution in [2.24, 2.45) is 0 Å². The van der Waals surface area contributed by atoms with Gasteiger partial charge in [-0.1, -0.05) is 12.1 Å². The third-order valence-corrected chi connectivity index (χ3v) is 3.92. The predicted octanol–water partition coefficient (Wildman–Crippen LogP) is 2.71. The quantitative estimate of drug-likeness (QED) is 0.555. The van der Waals surface area contributed by atoms with E-state index in [1.165, 1.54) is 0 Å². The molecular weight excluding hydrogens is 328 g/mol. The first-order valence-electron chi connectivity index (χ1n) is 8.07. The van der Waals surface area contributed by atoms with E-state index in [4.69, 9.17) is 5.73 Å². The second-order valence-electron chi connectivity index (χ2n) is 5.84. The maximum absolute atomic E-state index is 12.4. The number of fused-ring (bicyclic) bond motifs is 1. The summed E-state index contributed by atoms with van der Waals surface area (Å²) in [4.78, 5) is 25.5. The Balaban J connectivity index is 1.57. The highest BCUT2D eigenvalue weighted by molar-refractivity contribution is 6.05. The highest BCUT2D eigenvalue weighted by atomic mass is 16.1. The van der Waals surface area contributed by atoms with E-state index in [9.17, 15) is 4.79 Å². The van der Waals surface area contributed by atoms with Gasteiger partial charge in [0.2, 0.25) is 0 Å². The van der Waals surface area contributed by atoms with Gasteiger partial charge in [0.1, 0.15) is 5.52 Å². The maximum atomic E-state index is 12.4. The molecule has 1 amide bonds. The smallest absolute Gasteiger partial charge is 0.257 e. The molecule has 0 fully saturated rings. The molecule has 0 aliphatic rings. The van der Waals surface area contributed by atoms with Crippen molar-refractivity contribution in [1.29, 1.82) is 0 Å². The number of aromatic nitrogens is 4. The number of hydrogen-bond donors (Lipinski definition) is 2. The van der Waals surface area contributed by atoms with Gasteiger partial charge in [0.15, 0.2) is 5.65 Å². The van der Waals surface area contributed by atoms with Crippen LogP contribution in [0.5, 0.6) is 0 Å². The van der Waals surface area contributed by atoms with Gasteiger partial charge in [-0.25, -0.2) is 9.97 Å². The minimum Gasteiger partial charge on any atom is -0.399 e. The van der Waals surface area contributed by atoms with Crippen molar-refractivity contribution in [3.63, 3.8) is 0 Å². The van der Waals surface area contributed by atoms with Gasteiger partial charge < -0.3 is 15.6 Å². The summed E-state index contributed by atoms with van der Waals surface area (Å²) in [5, 5.41) is 2.81. The molecular formula is C19H16N6O. The fraction of sp³-hybridized carbons (Fsp3) is 0.0526. The SMILES string of the molecule is Nc1cccc(NC(=O)c2cnc3c(c2)ncn3Cc2ccccn2)c1. The Hall–Kier alpha value is -3.74. The Kier molecular flexibility index (Phi) is 4.03. The lowest BCUT2D eigenvalue weighted by Gasteiger charge is -2.06. The molecule has 3 N–H and O–H groups in total. The Morgan fingerprint density at radius 2 is 2.00 bits per heavy atom. The van der Waals surface area contributed by atoms with Gasteiger partial charge in [0, 0.05) is 23.8 Å². The van der Waals surface area contributed by atoms with E-state index in [-0.39, 0.29) is 5.91 Å². The molecule has 7 nitrogen and oxygen atoms in total. The topological polar surface area (TPSA) is 98.7 Å². The van der Waals surface area contributed by atoms with Crippen molar-refractivity contribution >= 4 is 28.4 Å². The summed E-state index contributed by atoms with van der Waals surface area (Å²) >= 11 is 0. The molecule has 4 aromatic rings. The standard InChI is InChI=1S/C19H16N6O/c20-14-4-3-6-15(9-14)24-19(26)13-8-17-18(22-10-13)25(12-23-17)11-16-5-1-2-7-21-16/h1-10,12H,11,20H2,(H,24,26). The minimum absolute atomic E-state index is 0.260. The molecule has 0 unspecified atom stereocenters. The zero-order valence-corrected chi connectivity index (χ0v) is 13.8. The lowest BCUT2D eigenvalue weighted by atomic mass is 10.2. The van der Waals surface area contributed by atoms with Crippen molar-refractivity contribution in [2.75, 3.05) is 11.1 Å². The molecule has 0 aliphatic heterocycles. The monoisotopic (exact) mass is 344 g/mol. The molecule has 26 heavy (non-hydrogen) atoms. The number of benzene rings is 1. The number of nitrogens with zero attached hydrogens (tertiary/aromatic N) is 4. The maximum Gasteiger partial charge on any atom is 0.257 e. The molecule has 7 heteroatoms. The van der Waals surface area contributed by atoms with E-state index in [1.807, 2.05) is 22.8 Å². The van der Waals surface area contributed by atoms with Crippen molar-refractivity contribution in [1.82, 2.24) is 19.5 Å². The third-order valence-electron chi connectivity index (χ3n) is 3.92. The molecule has 0 aliphatic carbocycles. The van der Waals surface area contributed by atoms with Gasteiger partial charge in [0.25, 0.3) is 5.91 Å². The molecule has 1 aromatic carbocycles. The van der Waals surface area contributed by atoms with Gasteiger partial charge in [-0.3, -0.25) is 9.78 Å². The Bertz CT molecular complexity index is 1070. The molecule has 0 bridgehead atoms. The van der Waals surface area contributed by atoms with Gasteiger partial charge in [0.05, 0.1) is 24.1 Å². The number of anilines is 2. The van der Waals surface area contributed by atoms with Crippen LogP contribution in [0.15, 0.2) is 67.3 Å². The number of amides is 1. The third kappa shape index (κ3) is 3.23. The second-order valence-corrected chi connectivity index (χ2v) is 5.84. The van der Waals surface area contributed by atoms with E-state index in [0.717, 1.165) is 5.69 Å². The van der Waals surface area contributed by atoms with Crippen molar-refractivity contribution in [3.8, 4) is 0 Å². The average molecular weight is 344 g/mol. The first-order chi connectivity index (χ1) is 12.7. The fourth-order valence-corrected chi connectivity index (χ4v) is 2.67. The number of rotatable bonds is 4. The van der Waals surface area contributed by atoms with Crippen molar-refractivity contribution < 1.29 is 4.79 Å². The first kappa shape index (κ1) is 15.8. The van der Waals surface area contributed by atoms with E-state index in [1.54, 1.807) is 49.1 Å². The van der Waals surface area contributed by atoms with Crippen LogP contribution in [0.1, 0.15) is 16.1 Å². The number of nitrogens with two attached hydrogens (primary N) is 1. The van der Waals surface area contributed by atoms with Crippen LogP contribution < -0.4 is 11.1 Å². The van der Waals surface area contributed by atoms with Crippen LogP contribution in [0.25, 0.3) is 11.2 Å². The number of pyridine rings is 2. The molecule has 0 atom stereocenters. The van der Waals surface area contributed by atoms with Crippen LogP contribution in [-0.4, -0.2) is 25.4 Å². The zero-order valence-electron chi connectivity index (χ0n) is 13.8. The molecule has 4 rings (SSSR count). The van der Waals surface area contributed by atoms with Crippen LogP contribution in [0.4, 0.5) is 11.4 Å². The summed E-state index contributed by atoms with van der Waals surface area (Å²) < 4.78 is 1.90. The van der Waals surface area contributed by atoms with Crippen LogP contribution in [0.3, 0.4) is 0 Å². The van der Waals surface area contributed by atoms with Crippen LogP contribution in [-0.2, 0) is 6.54 Å². The number of nitrogen functional groups attached to an aromatic ring is 1. The molecule has 128 valence electrons. The van der Waals surface area contributed by atoms with E-state index >= 15 is 0 Å². The van der Waals surface area contributed by atoms with Crippen molar-refractivity contribution in [2.45, 2.75) is 6.54 Å². The summed E-state index contributed by atoms with van der Waals surface area (Å²) in [5.41, 5.74) is 9.66. The predicted molar refractivity (Wildman–Crippen MR) is 99.7 cm³/mol. The number of imidazole rings is 1. The molecule has 0 saturated carbocycles. The minimum atomic E-state index is -0.260. The molecule has 0 saturated heterocycles. The van der Waals surface area contributed by atoms with Crippen LogP contribution >= 0.6 is 0 Å². The lowest BCUT2D eigenvalue weighted by molar-refractivity contribution is 0.102. The van der Waals surface area contributed by atoms with Gasteiger partial charge >= 0.3 is 0 Å². The van der Waals surface area contributed by atoms with Gasteiger partial charge in [-0.05, 0) is 36.4 Å². The second kappa shape index (κ2) is 6.64. The molecule has 0 spiro atoms. The summed E-state index contributed by atoms with van der Waals surface area (Å²) in [6.45, 7) is 0.569.